The Bertz CT molecular complexity index is 953. The van der Waals surface area contributed by atoms with Crippen molar-refractivity contribution in [1.29, 1.82) is 0 Å². The molecule has 0 radical (unpaired) electrons. The van der Waals surface area contributed by atoms with Crippen molar-refractivity contribution >= 4 is 6.08 Å². The first-order chi connectivity index (χ1) is 12.4. The molecule has 0 saturated carbocycles. The highest BCUT2D eigenvalue weighted by atomic mass is 14.6. The van der Waals surface area contributed by atoms with Gasteiger partial charge in [0.05, 0.1) is 0 Å². The van der Waals surface area contributed by atoms with E-state index in [1.807, 2.05) is 18.5 Å². The van der Waals surface area contributed by atoms with E-state index in [2.05, 4.69) is 59.6 Å². The van der Waals surface area contributed by atoms with Gasteiger partial charge in [0.15, 0.2) is 0 Å². The van der Waals surface area contributed by atoms with E-state index >= 15 is 0 Å². The molecule has 1 heterocycles. The molecule has 122 valence electrons. The Hall–Kier alpha value is -2.67. The van der Waals surface area contributed by atoms with Gasteiger partial charge in [0.25, 0.3) is 0 Å². The summed E-state index contributed by atoms with van der Waals surface area (Å²) in [6.45, 7) is 0. The van der Waals surface area contributed by atoms with E-state index in [1.165, 1.54) is 40.7 Å². The van der Waals surface area contributed by atoms with Crippen LogP contribution in [-0.4, -0.2) is 4.98 Å². The van der Waals surface area contributed by atoms with Crippen LogP contribution in [0.25, 0.3) is 17.2 Å². The predicted octanol–water partition coefficient (Wildman–Crippen LogP) is 5.59. The normalized spacial score (nSPS) is 17.5. The summed E-state index contributed by atoms with van der Waals surface area (Å²) in [6, 6.07) is 17.9. The summed E-state index contributed by atoms with van der Waals surface area (Å²) in [5, 5.41) is 0. The molecule has 3 aromatic rings. The smallest absolute Gasteiger partial charge is 0.0300 e. The van der Waals surface area contributed by atoms with Crippen LogP contribution in [-0.2, 0) is 19.3 Å². The van der Waals surface area contributed by atoms with Crippen molar-refractivity contribution in [3.8, 4) is 11.1 Å². The van der Waals surface area contributed by atoms with Crippen LogP contribution in [0.1, 0.15) is 40.2 Å². The van der Waals surface area contributed by atoms with Crippen molar-refractivity contribution in [1.82, 2.24) is 4.98 Å². The zero-order valence-electron chi connectivity index (χ0n) is 14.3. The first-order valence-corrected chi connectivity index (χ1v) is 9.19. The molecule has 1 aromatic heterocycles. The fourth-order valence-corrected chi connectivity index (χ4v) is 4.53. The summed E-state index contributed by atoms with van der Waals surface area (Å²) < 4.78 is 0. The predicted molar refractivity (Wildman–Crippen MR) is 104 cm³/mol. The molecule has 1 unspecified atom stereocenters. The maximum absolute atomic E-state index is 4.31. The summed E-state index contributed by atoms with van der Waals surface area (Å²) in [7, 11) is 0. The second kappa shape index (κ2) is 6.00. The molecule has 0 amide bonds. The number of allylic oxidation sites excluding steroid dienone is 1. The molecule has 0 fully saturated rings. The molecular formula is C24H21N. The number of benzene rings is 2. The summed E-state index contributed by atoms with van der Waals surface area (Å²) in [5.41, 5.74) is 10.3. The topological polar surface area (TPSA) is 12.9 Å². The summed E-state index contributed by atoms with van der Waals surface area (Å²) in [4.78, 5) is 4.31. The van der Waals surface area contributed by atoms with Gasteiger partial charge in [-0.1, -0.05) is 54.6 Å². The SMILES string of the molecule is C1=Cc2ccc3c(c2CC1)CC(Cc1cccnc1)c1ccccc1-3. The maximum atomic E-state index is 4.31. The number of pyridine rings is 1. The average Bonchev–Trinajstić information content (AvgIpc) is 2.69. The fraction of sp³-hybridized carbons (Fsp3) is 0.208. The van der Waals surface area contributed by atoms with E-state index in [1.54, 1.807) is 11.1 Å². The molecule has 0 spiro atoms. The summed E-state index contributed by atoms with van der Waals surface area (Å²) in [6.07, 6.45) is 13.0. The third-order valence-corrected chi connectivity index (χ3v) is 5.67. The molecule has 25 heavy (non-hydrogen) atoms. The second-order valence-corrected chi connectivity index (χ2v) is 7.15. The largest absolute Gasteiger partial charge is 0.264 e. The van der Waals surface area contributed by atoms with Gasteiger partial charge in [0, 0.05) is 12.4 Å². The lowest BCUT2D eigenvalue weighted by atomic mass is 9.73. The Morgan fingerprint density at radius 1 is 0.920 bits per heavy atom. The van der Waals surface area contributed by atoms with Gasteiger partial charge in [0.2, 0.25) is 0 Å². The lowest BCUT2D eigenvalue weighted by Gasteiger charge is -2.31. The summed E-state index contributed by atoms with van der Waals surface area (Å²) in [5.74, 6) is 0.533. The van der Waals surface area contributed by atoms with Crippen molar-refractivity contribution in [2.45, 2.75) is 31.6 Å². The molecular weight excluding hydrogens is 302 g/mol. The Morgan fingerprint density at radius 2 is 1.88 bits per heavy atom. The molecule has 1 nitrogen and oxygen atoms in total. The van der Waals surface area contributed by atoms with Gasteiger partial charge in [-0.05, 0) is 76.6 Å². The van der Waals surface area contributed by atoms with Crippen LogP contribution in [0.15, 0.2) is 67.0 Å². The van der Waals surface area contributed by atoms with E-state index in [9.17, 15) is 0 Å². The van der Waals surface area contributed by atoms with Crippen LogP contribution >= 0.6 is 0 Å². The van der Waals surface area contributed by atoms with Crippen LogP contribution in [0.4, 0.5) is 0 Å². The van der Waals surface area contributed by atoms with Gasteiger partial charge in [0.1, 0.15) is 0 Å². The number of hydrogen-bond donors (Lipinski definition) is 0. The van der Waals surface area contributed by atoms with Gasteiger partial charge in [-0.25, -0.2) is 0 Å². The fourth-order valence-electron chi connectivity index (χ4n) is 4.53. The number of rotatable bonds is 2. The Kier molecular flexibility index (Phi) is 3.52. The van der Waals surface area contributed by atoms with Crippen LogP contribution < -0.4 is 0 Å². The molecule has 0 saturated heterocycles. The molecule has 1 atom stereocenters. The highest BCUT2D eigenvalue weighted by molar-refractivity contribution is 5.78. The quantitative estimate of drug-likeness (QED) is 0.599. The third kappa shape index (κ3) is 2.51. The van der Waals surface area contributed by atoms with Crippen LogP contribution in [0, 0.1) is 0 Å². The zero-order valence-corrected chi connectivity index (χ0v) is 14.3. The van der Waals surface area contributed by atoms with Crippen LogP contribution in [0.2, 0.25) is 0 Å². The third-order valence-electron chi connectivity index (χ3n) is 5.67. The standard InChI is InChI=1S/C24H21N/c1-2-8-20-18(7-1)11-12-23-22-10-4-3-9-21(22)19(15-24(20)23)14-17-6-5-13-25-16-17/h1,3-7,9-13,16,19H,2,8,14-15H2. The van der Waals surface area contributed by atoms with Gasteiger partial charge in [-0.3, -0.25) is 4.98 Å². The van der Waals surface area contributed by atoms with Crippen molar-refractivity contribution in [3.63, 3.8) is 0 Å². The molecule has 0 aliphatic heterocycles. The molecule has 0 bridgehead atoms. The van der Waals surface area contributed by atoms with Gasteiger partial charge >= 0.3 is 0 Å². The minimum absolute atomic E-state index is 0.533. The monoisotopic (exact) mass is 323 g/mol. The first kappa shape index (κ1) is 14.7. The lowest BCUT2D eigenvalue weighted by molar-refractivity contribution is 0.665. The molecule has 5 rings (SSSR count). The average molecular weight is 323 g/mol. The van der Waals surface area contributed by atoms with Crippen molar-refractivity contribution in [2.24, 2.45) is 0 Å². The van der Waals surface area contributed by atoms with Gasteiger partial charge in [-0.2, -0.15) is 0 Å². The minimum atomic E-state index is 0.533. The van der Waals surface area contributed by atoms with E-state index in [4.69, 9.17) is 0 Å². The number of aromatic nitrogens is 1. The van der Waals surface area contributed by atoms with Crippen molar-refractivity contribution in [3.05, 3.63) is 94.8 Å². The van der Waals surface area contributed by atoms with E-state index < -0.39 is 0 Å². The zero-order chi connectivity index (χ0) is 16.6. The number of hydrogen-bond acceptors (Lipinski definition) is 1. The van der Waals surface area contributed by atoms with Crippen LogP contribution in [0.3, 0.4) is 0 Å². The Morgan fingerprint density at radius 3 is 2.80 bits per heavy atom. The Balaban J connectivity index is 1.64. The second-order valence-electron chi connectivity index (χ2n) is 7.15. The summed E-state index contributed by atoms with van der Waals surface area (Å²) >= 11 is 0. The van der Waals surface area contributed by atoms with Crippen molar-refractivity contribution in [2.75, 3.05) is 0 Å². The molecule has 1 heteroatoms. The first-order valence-electron chi connectivity index (χ1n) is 9.19. The Labute approximate surface area is 149 Å². The van der Waals surface area contributed by atoms with Crippen LogP contribution in [0.5, 0.6) is 0 Å². The van der Waals surface area contributed by atoms with Gasteiger partial charge in [-0.15, -0.1) is 0 Å². The highest BCUT2D eigenvalue weighted by Gasteiger charge is 2.27. The number of nitrogens with zero attached hydrogens (tertiary/aromatic N) is 1. The molecule has 2 aliphatic rings. The van der Waals surface area contributed by atoms with E-state index in [0.29, 0.717) is 5.92 Å². The van der Waals surface area contributed by atoms with E-state index in [-0.39, 0.29) is 0 Å². The van der Waals surface area contributed by atoms with Crippen molar-refractivity contribution < 1.29 is 0 Å². The molecule has 2 aromatic carbocycles. The van der Waals surface area contributed by atoms with E-state index in [0.717, 1.165) is 12.8 Å². The highest BCUT2D eigenvalue weighted by Crippen LogP contribution is 2.43. The number of fused-ring (bicyclic) bond motifs is 5. The minimum Gasteiger partial charge on any atom is -0.264 e. The molecule has 2 aliphatic carbocycles. The maximum Gasteiger partial charge on any atom is 0.0300 e. The van der Waals surface area contributed by atoms with Gasteiger partial charge < -0.3 is 0 Å². The molecule has 0 N–H and O–H groups in total. The lowest BCUT2D eigenvalue weighted by Crippen LogP contribution is -2.16.